The van der Waals surface area contributed by atoms with Crippen LogP contribution in [0, 0.1) is 6.92 Å². The van der Waals surface area contributed by atoms with Gasteiger partial charge in [0.25, 0.3) is 0 Å². The summed E-state index contributed by atoms with van der Waals surface area (Å²) in [6, 6.07) is 7.86. The number of hydrogen-bond donors (Lipinski definition) is 1. The van der Waals surface area contributed by atoms with Crippen LogP contribution in [0.1, 0.15) is 24.1 Å². The van der Waals surface area contributed by atoms with Crippen LogP contribution in [0.3, 0.4) is 0 Å². The highest BCUT2D eigenvalue weighted by molar-refractivity contribution is 6.42. The zero-order valence-corrected chi connectivity index (χ0v) is 11.8. The largest absolute Gasteiger partial charge is 0.377 e. The van der Waals surface area contributed by atoms with Crippen LogP contribution in [0.5, 0.6) is 0 Å². The van der Waals surface area contributed by atoms with Crippen LogP contribution < -0.4 is 5.32 Å². The molecule has 0 saturated heterocycles. The standard InChI is InChI=1S/C14H14Cl2N2/c1-9-5-12(8-17-7-9)18-10(2)11-3-4-13(15)14(16)6-11/h3-8,10,18H,1-2H3. The summed E-state index contributed by atoms with van der Waals surface area (Å²) >= 11 is 11.9. The molecule has 0 aliphatic heterocycles. The number of aromatic nitrogens is 1. The average molecular weight is 281 g/mol. The molecule has 1 heterocycles. The normalized spacial score (nSPS) is 12.2. The average Bonchev–Trinajstić information content (AvgIpc) is 2.32. The zero-order valence-electron chi connectivity index (χ0n) is 10.2. The van der Waals surface area contributed by atoms with E-state index in [2.05, 4.69) is 23.3 Å². The summed E-state index contributed by atoms with van der Waals surface area (Å²) in [5, 5.41) is 4.53. The number of nitrogens with zero attached hydrogens (tertiary/aromatic N) is 1. The number of halogens is 2. The lowest BCUT2D eigenvalue weighted by molar-refractivity contribution is 0.882. The van der Waals surface area contributed by atoms with Crippen LogP contribution in [0.4, 0.5) is 5.69 Å². The lowest BCUT2D eigenvalue weighted by Crippen LogP contribution is -2.06. The van der Waals surface area contributed by atoms with E-state index in [0.29, 0.717) is 10.0 Å². The molecule has 2 aromatic rings. The fourth-order valence-electron chi connectivity index (χ4n) is 1.75. The number of anilines is 1. The Hall–Kier alpha value is -1.25. The molecule has 4 heteroatoms. The molecular weight excluding hydrogens is 267 g/mol. The fraction of sp³-hybridized carbons (Fsp3) is 0.214. The van der Waals surface area contributed by atoms with Crippen LogP contribution in [0.25, 0.3) is 0 Å². The third kappa shape index (κ3) is 3.15. The summed E-state index contributed by atoms with van der Waals surface area (Å²) in [5.41, 5.74) is 3.21. The first-order chi connectivity index (χ1) is 8.56. The second kappa shape index (κ2) is 5.59. The van der Waals surface area contributed by atoms with E-state index in [1.807, 2.05) is 31.3 Å². The third-order valence-electron chi connectivity index (χ3n) is 2.70. The van der Waals surface area contributed by atoms with Crippen molar-refractivity contribution in [3.63, 3.8) is 0 Å². The van der Waals surface area contributed by atoms with Gasteiger partial charge in [0.1, 0.15) is 0 Å². The number of rotatable bonds is 3. The smallest absolute Gasteiger partial charge is 0.0595 e. The Kier molecular flexibility index (Phi) is 4.10. The Labute approximate surface area is 117 Å². The number of benzene rings is 1. The van der Waals surface area contributed by atoms with Gasteiger partial charge in [0.2, 0.25) is 0 Å². The Morgan fingerprint density at radius 2 is 1.89 bits per heavy atom. The van der Waals surface area contributed by atoms with E-state index < -0.39 is 0 Å². The molecule has 1 unspecified atom stereocenters. The zero-order chi connectivity index (χ0) is 13.1. The number of aryl methyl sites for hydroxylation is 1. The van der Waals surface area contributed by atoms with Gasteiger partial charge in [0, 0.05) is 18.4 Å². The van der Waals surface area contributed by atoms with Crippen molar-refractivity contribution in [2.75, 3.05) is 5.32 Å². The first-order valence-electron chi connectivity index (χ1n) is 5.69. The van der Waals surface area contributed by atoms with Gasteiger partial charge in [0.05, 0.1) is 15.7 Å². The number of nitrogens with one attached hydrogen (secondary N) is 1. The Balaban J connectivity index is 2.16. The first kappa shape index (κ1) is 13.2. The topological polar surface area (TPSA) is 24.9 Å². The number of pyridine rings is 1. The van der Waals surface area contributed by atoms with Gasteiger partial charge in [-0.15, -0.1) is 0 Å². The molecule has 18 heavy (non-hydrogen) atoms. The highest BCUT2D eigenvalue weighted by Crippen LogP contribution is 2.27. The maximum atomic E-state index is 6.01. The summed E-state index contributed by atoms with van der Waals surface area (Å²) in [6.07, 6.45) is 3.63. The van der Waals surface area contributed by atoms with Crippen LogP contribution >= 0.6 is 23.2 Å². The highest BCUT2D eigenvalue weighted by Gasteiger charge is 2.07. The Morgan fingerprint density at radius 3 is 2.56 bits per heavy atom. The molecule has 1 aromatic carbocycles. The van der Waals surface area contributed by atoms with E-state index in [9.17, 15) is 0 Å². The minimum atomic E-state index is 0.142. The molecule has 0 saturated carbocycles. The lowest BCUT2D eigenvalue weighted by atomic mass is 10.1. The summed E-state index contributed by atoms with van der Waals surface area (Å²) in [7, 11) is 0. The van der Waals surface area contributed by atoms with Crippen molar-refractivity contribution in [1.82, 2.24) is 4.98 Å². The van der Waals surface area contributed by atoms with Gasteiger partial charge in [-0.1, -0.05) is 29.3 Å². The molecule has 94 valence electrons. The highest BCUT2D eigenvalue weighted by atomic mass is 35.5. The maximum Gasteiger partial charge on any atom is 0.0595 e. The fourth-order valence-corrected chi connectivity index (χ4v) is 2.06. The van der Waals surface area contributed by atoms with Gasteiger partial charge in [-0.2, -0.15) is 0 Å². The van der Waals surface area contributed by atoms with Crippen LogP contribution in [-0.4, -0.2) is 4.98 Å². The molecule has 0 bridgehead atoms. The van der Waals surface area contributed by atoms with E-state index in [4.69, 9.17) is 23.2 Å². The second-order valence-corrected chi connectivity index (χ2v) is 5.10. The summed E-state index contributed by atoms with van der Waals surface area (Å²) < 4.78 is 0. The quantitative estimate of drug-likeness (QED) is 0.868. The molecule has 0 radical (unpaired) electrons. The maximum absolute atomic E-state index is 6.01. The van der Waals surface area contributed by atoms with E-state index in [-0.39, 0.29) is 6.04 Å². The first-order valence-corrected chi connectivity index (χ1v) is 6.45. The van der Waals surface area contributed by atoms with Gasteiger partial charge in [-0.05, 0) is 43.2 Å². The molecule has 1 N–H and O–H groups in total. The van der Waals surface area contributed by atoms with Crippen molar-refractivity contribution in [3.05, 3.63) is 57.8 Å². The molecule has 2 rings (SSSR count). The van der Waals surface area contributed by atoms with Crippen molar-refractivity contribution in [1.29, 1.82) is 0 Å². The molecule has 0 fully saturated rings. The van der Waals surface area contributed by atoms with Gasteiger partial charge < -0.3 is 5.32 Å². The van der Waals surface area contributed by atoms with Gasteiger partial charge in [0.15, 0.2) is 0 Å². The minimum Gasteiger partial charge on any atom is -0.377 e. The van der Waals surface area contributed by atoms with Gasteiger partial charge in [-0.3, -0.25) is 4.98 Å². The molecule has 1 aromatic heterocycles. The van der Waals surface area contributed by atoms with Gasteiger partial charge in [-0.25, -0.2) is 0 Å². The molecule has 0 amide bonds. The molecule has 0 aliphatic carbocycles. The predicted octanol–water partition coefficient (Wildman–Crippen LogP) is 4.87. The summed E-state index contributed by atoms with van der Waals surface area (Å²) in [5.74, 6) is 0. The van der Waals surface area contributed by atoms with Gasteiger partial charge >= 0.3 is 0 Å². The van der Waals surface area contributed by atoms with Crippen LogP contribution in [-0.2, 0) is 0 Å². The minimum absolute atomic E-state index is 0.142. The van der Waals surface area contributed by atoms with E-state index in [1.165, 1.54) is 0 Å². The SMILES string of the molecule is Cc1cncc(NC(C)c2ccc(Cl)c(Cl)c2)c1. The van der Waals surface area contributed by atoms with E-state index in [1.54, 1.807) is 6.20 Å². The van der Waals surface area contributed by atoms with E-state index in [0.717, 1.165) is 16.8 Å². The lowest BCUT2D eigenvalue weighted by Gasteiger charge is -2.16. The third-order valence-corrected chi connectivity index (χ3v) is 3.44. The Morgan fingerprint density at radius 1 is 1.11 bits per heavy atom. The van der Waals surface area contributed by atoms with Crippen molar-refractivity contribution in [3.8, 4) is 0 Å². The van der Waals surface area contributed by atoms with Crippen molar-refractivity contribution < 1.29 is 0 Å². The molecule has 0 aliphatic rings. The molecule has 1 atom stereocenters. The molecule has 2 nitrogen and oxygen atoms in total. The second-order valence-electron chi connectivity index (χ2n) is 4.29. The summed E-state index contributed by atoms with van der Waals surface area (Å²) in [6.45, 7) is 4.09. The monoisotopic (exact) mass is 280 g/mol. The van der Waals surface area contributed by atoms with Crippen LogP contribution in [0.15, 0.2) is 36.7 Å². The Bertz CT molecular complexity index is 555. The van der Waals surface area contributed by atoms with E-state index >= 15 is 0 Å². The summed E-state index contributed by atoms with van der Waals surface area (Å²) in [4.78, 5) is 4.15. The molecular formula is C14H14Cl2N2. The molecule has 0 spiro atoms. The van der Waals surface area contributed by atoms with Crippen molar-refractivity contribution >= 4 is 28.9 Å². The number of hydrogen-bond acceptors (Lipinski definition) is 2. The van der Waals surface area contributed by atoms with Crippen LogP contribution in [0.2, 0.25) is 10.0 Å². The predicted molar refractivity (Wildman–Crippen MR) is 77.5 cm³/mol. The van der Waals surface area contributed by atoms with Crippen molar-refractivity contribution in [2.24, 2.45) is 0 Å². The van der Waals surface area contributed by atoms with Crippen molar-refractivity contribution in [2.45, 2.75) is 19.9 Å².